The van der Waals surface area contributed by atoms with Gasteiger partial charge in [-0.05, 0) is 113 Å². The Bertz CT molecular complexity index is 2600. The van der Waals surface area contributed by atoms with Crippen LogP contribution < -0.4 is 24.8 Å². The standard InChI is InChI=1S/C46H55N7O9S/c1-27-21-29(22-39(60-3)28(27)2)37-24-40(53-41(47-37)34-16-11-12-17-35(34)50-53)61-32-23-38-42(54)49-46(44(56)51-63(58,59)33-19-20-33)25-30(46)13-7-5-4-6-8-18-36(43(55)52(38)26-32)48-45(57)62-31-14-9-10-15-31/h7,11-13,16-17,21-22,24,30-33,36,38H,4-6,8-10,14-15,18-20,23,25-26H2,1-3H3,(H,48,57)(H,49,54)(H,51,56)/b13-7-/t30-,32-,36+,38+,46-/m1/s1. The van der Waals surface area contributed by atoms with Crippen LogP contribution in [0.1, 0.15) is 94.6 Å². The van der Waals surface area contributed by atoms with Gasteiger partial charge in [-0.15, -0.1) is 0 Å². The van der Waals surface area contributed by atoms with E-state index in [1.54, 1.807) is 17.7 Å². The number of sulfonamides is 1. The zero-order chi connectivity index (χ0) is 44.0. The third kappa shape index (κ3) is 8.68. The number of amides is 4. The van der Waals surface area contributed by atoms with Crippen molar-refractivity contribution in [2.45, 2.75) is 132 Å². The number of methoxy groups -OCH3 is 1. The minimum absolute atomic E-state index is 0.0206. The molecule has 1 saturated heterocycles. The minimum Gasteiger partial charge on any atom is -0.496 e. The summed E-state index contributed by atoms with van der Waals surface area (Å²) in [4.78, 5) is 63.3. The van der Waals surface area contributed by atoms with Crippen molar-refractivity contribution in [1.82, 2.24) is 34.9 Å². The Hall–Kier alpha value is -5.71. The van der Waals surface area contributed by atoms with Crippen molar-refractivity contribution in [3.63, 3.8) is 0 Å². The first-order chi connectivity index (χ1) is 30.3. The molecule has 3 N–H and O–H groups in total. The summed E-state index contributed by atoms with van der Waals surface area (Å²) >= 11 is 0. The molecular weight excluding hydrogens is 827 g/mol. The molecule has 63 heavy (non-hydrogen) atoms. The smallest absolute Gasteiger partial charge is 0.408 e. The average Bonchev–Trinajstić information content (AvgIpc) is 4.07. The van der Waals surface area contributed by atoms with Crippen LogP contribution in [0.25, 0.3) is 27.8 Å². The fraction of sp³-hybridized carbons (Fsp3) is 0.522. The monoisotopic (exact) mass is 881 g/mol. The Labute approximate surface area is 366 Å². The molecule has 4 heterocycles. The van der Waals surface area contributed by atoms with Crippen LogP contribution in [0.4, 0.5) is 4.79 Å². The van der Waals surface area contributed by atoms with Crippen LogP contribution in [0.5, 0.6) is 11.6 Å². The number of rotatable bonds is 9. The second kappa shape index (κ2) is 17.1. The maximum Gasteiger partial charge on any atom is 0.408 e. The van der Waals surface area contributed by atoms with E-state index in [0.717, 1.165) is 60.6 Å². The summed E-state index contributed by atoms with van der Waals surface area (Å²) in [5.41, 5.74) is 3.11. The molecule has 3 saturated carbocycles. The van der Waals surface area contributed by atoms with Gasteiger partial charge in [-0.2, -0.15) is 9.61 Å². The number of aromatic nitrogens is 3. The van der Waals surface area contributed by atoms with Crippen molar-refractivity contribution in [2.24, 2.45) is 5.92 Å². The average molecular weight is 882 g/mol. The van der Waals surface area contributed by atoms with Crippen molar-refractivity contribution in [3.05, 3.63) is 65.7 Å². The highest BCUT2D eigenvalue weighted by Crippen LogP contribution is 2.46. The molecule has 2 aromatic carbocycles. The van der Waals surface area contributed by atoms with Crippen LogP contribution in [0.15, 0.2) is 54.6 Å². The second-order valence-electron chi connectivity index (χ2n) is 17.9. The molecule has 0 radical (unpaired) electrons. The van der Waals surface area contributed by atoms with E-state index >= 15 is 0 Å². The summed E-state index contributed by atoms with van der Waals surface area (Å²) in [5.74, 6) is -1.31. The zero-order valence-electron chi connectivity index (χ0n) is 35.9. The molecule has 9 rings (SSSR count). The van der Waals surface area contributed by atoms with E-state index in [1.807, 2.05) is 62.4 Å². The van der Waals surface area contributed by atoms with Gasteiger partial charge in [-0.1, -0.05) is 37.1 Å². The summed E-state index contributed by atoms with van der Waals surface area (Å²) in [6, 6.07) is 11.2. The molecule has 2 aromatic heterocycles. The molecule has 4 fully saturated rings. The van der Waals surface area contributed by atoms with Gasteiger partial charge in [0.2, 0.25) is 27.7 Å². The van der Waals surface area contributed by atoms with Crippen LogP contribution in [-0.4, -0.2) is 100 Å². The number of alkyl carbamates (subject to hydrolysis) is 1. The predicted molar refractivity (Wildman–Crippen MR) is 233 cm³/mol. The Morgan fingerprint density at radius 1 is 0.952 bits per heavy atom. The maximum absolute atomic E-state index is 14.9. The molecule has 0 unspecified atom stereocenters. The highest BCUT2D eigenvalue weighted by molar-refractivity contribution is 7.91. The van der Waals surface area contributed by atoms with Gasteiger partial charge in [0.15, 0.2) is 5.65 Å². The number of carbonyl (C=O) groups excluding carboxylic acids is 4. The topological polar surface area (TPSA) is 200 Å². The Morgan fingerprint density at radius 3 is 2.51 bits per heavy atom. The van der Waals surface area contributed by atoms with Crippen molar-refractivity contribution in [3.8, 4) is 22.9 Å². The molecule has 5 atom stereocenters. The Kier molecular flexibility index (Phi) is 11.6. The van der Waals surface area contributed by atoms with E-state index in [9.17, 15) is 27.6 Å². The summed E-state index contributed by atoms with van der Waals surface area (Å²) in [5, 5.41) is 10.8. The van der Waals surface area contributed by atoms with E-state index in [2.05, 4.69) is 15.4 Å². The number of aryl methyl sites for hydroxylation is 1. The molecule has 4 amide bonds. The normalized spacial score (nSPS) is 26.2. The number of carbonyl (C=O) groups is 4. The van der Waals surface area contributed by atoms with Gasteiger partial charge >= 0.3 is 6.09 Å². The van der Waals surface area contributed by atoms with Crippen molar-refractivity contribution in [1.29, 1.82) is 0 Å². The molecule has 3 aliphatic carbocycles. The number of nitrogens with zero attached hydrogens (tertiary/aromatic N) is 4. The first-order valence-corrected chi connectivity index (χ1v) is 23.8. The van der Waals surface area contributed by atoms with Crippen LogP contribution in [0, 0.1) is 19.8 Å². The number of fused-ring (bicyclic) bond motifs is 5. The summed E-state index contributed by atoms with van der Waals surface area (Å²) < 4.78 is 48.1. The van der Waals surface area contributed by atoms with Gasteiger partial charge in [0, 0.05) is 29.4 Å². The van der Waals surface area contributed by atoms with E-state index in [-0.39, 0.29) is 25.5 Å². The number of hydrogen-bond donors (Lipinski definition) is 3. The molecule has 334 valence electrons. The van der Waals surface area contributed by atoms with Gasteiger partial charge in [0.05, 0.1) is 30.1 Å². The lowest BCUT2D eigenvalue weighted by Gasteiger charge is -2.30. The molecule has 2 aliphatic heterocycles. The Morgan fingerprint density at radius 2 is 1.73 bits per heavy atom. The maximum atomic E-state index is 14.9. The molecule has 16 nitrogen and oxygen atoms in total. The summed E-state index contributed by atoms with van der Waals surface area (Å²) in [7, 11) is -2.30. The zero-order valence-corrected chi connectivity index (χ0v) is 36.7. The van der Waals surface area contributed by atoms with Crippen molar-refractivity contribution >= 4 is 50.4 Å². The van der Waals surface area contributed by atoms with E-state index < -0.39 is 68.7 Å². The first-order valence-electron chi connectivity index (χ1n) is 22.3. The van der Waals surface area contributed by atoms with E-state index in [4.69, 9.17) is 24.3 Å². The van der Waals surface area contributed by atoms with Crippen LogP contribution in [0.3, 0.4) is 0 Å². The SMILES string of the molecule is COc1cc(-c2cc(O[C@@H]3C[C@H]4C(=O)N[C@]5(C(=O)NS(=O)(=O)C6CC6)C[C@H]5/C=C\CCCCC[C@H](NC(=O)OC5CCCC5)C(=O)N4C3)n3nc4ccccc4c3n2)cc(C)c1C. The van der Waals surface area contributed by atoms with E-state index in [0.29, 0.717) is 60.6 Å². The predicted octanol–water partition coefficient (Wildman–Crippen LogP) is 5.56. The first kappa shape index (κ1) is 42.6. The largest absolute Gasteiger partial charge is 0.496 e. The van der Waals surface area contributed by atoms with Crippen molar-refractivity contribution in [2.75, 3.05) is 13.7 Å². The molecular formula is C46H55N7O9S. The lowest BCUT2D eigenvalue weighted by Crippen LogP contribution is -2.58. The molecule has 0 bridgehead atoms. The summed E-state index contributed by atoms with van der Waals surface area (Å²) in [6.45, 7) is 3.96. The highest BCUT2D eigenvalue weighted by atomic mass is 32.2. The number of benzene rings is 2. The lowest BCUT2D eigenvalue weighted by atomic mass is 10.0. The molecule has 4 aromatic rings. The van der Waals surface area contributed by atoms with Crippen LogP contribution >= 0.6 is 0 Å². The lowest BCUT2D eigenvalue weighted by molar-refractivity contribution is -0.141. The third-order valence-electron chi connectivity index (χ3n) is 13.4. The second-order valence-corrected chi connectivity index (χ2v) is 19.8. The van der Waals surface area contributed by atoms with Gasteiger partial charge < -0.3 is 29.7 Å². The third-order valence-corrected chi connectivity index (χ3v) is 15.2. The quantitative estimate of drug-likeness (QED) is 0.178. The van der Waals surface area contributed by atoms with Gasteiger partial charge in [0.25, 0.3) is 5.91 Å². The number of hydrogen-bond acceptors (Lipinski definition) is 11. The fourth-order valence-corrected chi connectivity index (χ4v) is 10.7. The van der Waals surface area contributed by atoms with Gasteiger partial charge in [0.1, 0.15) is 35.6 Å². The van der Waals surface area contributed by atoms with Gasteiger partial charge in [-0.3, -0.25) is 19.1 Å². The molecule has 17 heteroatoms. The number of nitrogens with one attached hydrogen (secondary N) is 3. The van der Waals surface area contributed by atoms with Crippen molar-refractivity contribution < 1.29 is 41.8 Å². The summed E-state index contributed by atoms with van der Waals surface area (Å²) in [6.07, 6.45) is 9.98. The number of ether oxygens (including phenoxy) is 3. The van der Waals surface area contributed by atoms with E-state index in [1.165, 1.54) is 4.90 Å². The van der Waals surface area contributed by atoms with Crippen LogP contribution in [0.2, 0.25) is 0 Å². The minimum atomic E-state index is -3.92. The highest BCUT2D eigenvalue weighted by Gasteiger charge is 2.62. The van der Waals surface area contributed by atoms with Crippen LogP contribution in [-0.2, 0) is 29.1 Å². The molecule has 5 aliphatic rings. The fourth-order valence-electron chi connectivity index (χ4n) is 9.38. The van der Waals surface area contributed by atoms with Gasteiger partial charge in [-0.25, -0.2) is 18.2 Å². The number of allylic oxidation sites excluding steroid dienone is 1. The molecule has 0 spiro atoms. The Balaban J connectivity index is 1.07.